The van der Waals surface area contributed by atoms with Crippen LogP contribution in [0.5, 0.6) is 0 Å². The van der Waals surface area contributed by atoms with E-state index in [1.165, 1.54) is 44.9 Å². The second-order valence-corrected chi connectivity index (χ2v) is 8.08. The summed E-state index contributed by atoms with van der Waals surface area (Å²) in [6.07, 6.45) is 14.8. The van der Waals surface area contributed by atoms with Crippen LogP contribution in [0.4, 0.5) is 0 Å². The van der Waals surface area contributed by atoms with Crippen LogP contribution in [0.1, 0.15) is 50.8 Å². The number of aromatic amines is 1. The number of hydrogen-bond donors (Lipinski definition) is 1. The smallest absolute Gasteiger partial charge is 0.107 e. The third-order valence-corrected chi connectivity index (χ3v) is 6.10. The standard InChI is InChI=1S/C16H23ClN2/c17-14(6-15-18-1-2-19-15)10-16-7-11-3-12(8-16)5-13(4-11)9-16/h1-2,11-14H,3-10H2,(H,18,19). The predicted molar refractivity (Wildman–Crippen MR) is 77.2 cm³/mol. The SMILES string of the molecule is ClC(Cc1ncc[nH]1)CC12CC3CC(CC(C3)C1)C2. The van der Waals surface area contributed by atoms with Crippen LogP contribution >= 0.6 is 11.6 Å². The van der Waals surface area contributed by atoms with E-state index in [9.17, 15) is 0 Å². The molecule has 104 valence electrons. The first-order valence-electron chi connectivity index (χ1n) is 7.83. The van der Waals surface area contributed by atoms with Gasteiger partial charge in [0.05, 0.1) is 0 Å². The first-order valence-corrected chi connectivity index (χ1v) is 8.27. The molecule has 3 heteroatoms. The van der Waals surface area contributed by atoms with E-state index >= 15 is 0 Å². The summed E-state index contributed by atoms with van der Waals surface area (Å²) in [7, 11) is 0. The Morgan fingerprint density at radius 2 is 1.84 bits per heavy atom. The Hall–Kier alpha value is -0.500. The molecule has 1 atom stereocenters. The average Bonchev–Trinajstić information content (AvgIpc) is 2.78. The van der Waals surface area contributed by atoms with Crippen LogP contribution in [0, 0.1) is 23.2 Å². The van der Waals surface area contributed by atoms with Crippen molar-refractivity contribution in [3.63, 3.8) is 0 Å². The normalized spacial score (nSPS) is 41.6. The zero-order valence-electron chi connectivity index (χ0n) is 11.4. The molecule has 0 aromatic carbocycles. The average molecular weight is 279 g/mol. The molecule has 1 unspecified atom stereocenters. The molecule has 4 bridgehead atoms. The van der Waals surface area contributed by atoms with Gasteiger partial charge in [-0.05, 0) is 68.1 Å². The number of imidazole rings is 1. The summed E-state index contributed by atoms with van der Waals surface area (Å²) in [4.78, 5) is 7.49. The highest BCUT2D eigenvalue weighted by atomic mass is 35.5. The first kappa shape index (κ1) is 12.3. The van der Waals surface area contributed by atoms with Crippen molar-refractivity contribution >= 4 is 11.6 Å². The number of rotatable bonds is 4. The van der Waals surface area contributed by atoms with Gasteiger partial charge >= 0.3 is 0 Å². The summed E-state index contributed by atoms with van der Waals surface area (Å²) in [6.45, 7) is 0. The number of nitrogens with zero attached hydrogens (tertiary/aromatic N) is 1. The summed E-state index contributed by atoms with van der Waals surface area (Å²) < 4.78 is 0. The Bertz CT molecular complexity index is 404. The molecule has 4 aliphatic carbocycles. The summed E-state index contributed by atoms with van der Waals surface area (Å²) in [5.74, 6) is 4.13. The van der Waals surface area contributed by atoms with Gasteiger partial charge in [-0.3, -0.25) is 0 Å². The van der Waals surface area contributed by atoms with Crippen LogP contribution < -0.4 is 0 Å². The number of aromatic nitrogens is 2. The van der Waals surface area contributed by atoms with E-state index in [-0.39, 0.29) is 5.38 Å². The molecule has 1 aromatic rings. The van der Waals surface area contributed by atoms with Gasteiger partial charge in [-0.25, -0.2) is 4.98 Å². The molecule has 5 rings (SSSR count). The molecule has 4 saturated carbocycles. The fourth-order valence-corrected chi connectivity index (χ4v) is 6.17. The molecule has 0 radical (unpaired) electrons. The molecular formula is C16H23ClN2. The fraction of sp³-hybridized carbons (Fsp3) is 0.812. The third-order valence-electron chi connectivity index (χ3n) is 5.79. The minimum absolute atomic E-state index is 0.252. The van der Waals surface area contributed by atoms with E-state index in [0.29, 0.717) is 5.41 Å². The zero-order valence-corrected chi connectivity index (χ0v) is 12.2. The molecule has 1 aromatic heterocycles. The Kier molecular flexibility index (Phi) is 2.91. The quantitative estimate of drug-likeness (QED) is 0.823. The van der Waals surface area contributed by atoms with Crippen LogP contribution in [-0.2, 0) is 6.42 Å². The number of hydrogen-bond acceptors (Lipinski definition) is 1. The third kappa shape index (κ3) is 2.33. The van der Waals surface area contributed by atoms with Crippen molar-refractivity contribution in [2.45, 2.75) is 56.7 Å². The van der Waals surface area contributed by atoms with Crippen molar-refractivity contribution in [2.24, 2.45) is 23.2 Å². The van der Waals surface area contributed by atoms with Crippen LogP contribution in [0.25, 0.3) is 0 Å². The minimum atomic E-state index is 0.252. The molecule has 19 heavy (non-hydrogen) atoms. The van der Waals surface area contributed by atoms with Gasteiger partial charge in [0.1, 0.15) is 5.82 Å². The van der Waals surface area contributed by atoms with E-state index in [2.05, 4.69) is 9.97 Å². The lowest BCUT2D eigenvalue weighted by Crippen LogP contribution is -2.47. The second-order valence-electron chi connectivity index (χ2n) is 7.46. The largest absolute Gasteiger partial charge is 0.349 e. The molecule has 0 aliphatic heterocycles. The lowest BCUT2D eigenvalue weighted by atomic mass is 9.48. The molecule has 1 N–H and O–H groups in total. The second kappa shape index (κ2) is 4.51. The molecule has 1 heterocycles. The van der Waals surface area contributed by atoms with Gasteiger partial charge in [-0.1, -0.05) is 0 Å². The van der Waals surface area contributed by atoms with Crippen LogP contribution in [0.2, 0.25) is 0 Å². The maximum Gasteiger partial charge on any atom is 0.107 e. The van der Waals surface area contributed by atoms with Crippen molar-refractivity contribution in [3.8, 4) is 0 Å². The van der Waals surface area contributed by atoms with Gasteiger partial charge in [0, 0.05) is 24.2 Å². The lowest BCUT2D eigenvalue weighted by molar-refractivity contribution is -0.0575. The number of halogens is 1. The summed E-state index contributed by atoms with van der Waals surface area (Å²) in [6, 6.07) is 0. The van der Waals surface area contributed by atoms with Crippen molar-refractivity contribution in [2.75, 3.05) is 0 Å². The Labute approximate surface area is 120 Å². The molecule has 4 aliphatic rings. The van der Waals surface area contributed by atoms with E-state index in [1.807, 2.05) is 12.4 Å². The van der Waals surface area contributed by atoms with Gasteiger partial charge in [0.15, 0.2) is 0 Å². The number of nitrogens with one attached hydrogen (secondary N) is 1. The first-order chi connectivity index (χ1) is 9.21. The molecule has 0 saturated heterocycles. The monoisotopic (exact) mass is 278 g/mol. The van der Waals surface area contributed by atoms with Gasteiger partial charge in [-0.15, -0.1) is 11.6 Å². The Morgan fingerprint density at radius 1 is 1.21 bits per heavy atom. The van der Waals surface area contributed by atoms with Crippen molar-refractivity contribution in [1.29, 1.82) is 0 Å². The maximum absolute atomic E-state index is 6.65. The highest BCUT2D eigenvalue weighted by Gasteiger charge is 2.51. The van der Waals surface area contributed by atoms with E-state index in [0.717, 1.165) is 30.0 Å². The molecule has 0 amide bonds. The van der Waals surface area contributed by atoms with Crippen molar-refractivity contribution in [1.82, 2.24) is 9.97 Å². The summed E-state index contributed by atoms with van der Waals surface area (Å²) in [5.41, 5.74) is 0.591. The van der Waals surface area contributed by atoms with Gasteiger partial charge in [0.25, 0.3) is 0 Å². The van der Waals surface area contributed by atoms with Crippen molar-refractivity contribution < 1.29 is 0 Å². The maximum atomic E-state index is 6.65. The summed E-state index contributed by atoms with van der Waals surface area (Å²) in [5, 5.41) is 0.252. The number of alkyl halides is 1. The van der Waals surface area contributed by atoms with Gasteiger partial charge in [0.2, 0.25) is 0 Å². The Balaban J connectivity index is 1.44. The van der Waals surface area contributed by atoms with Crippen molar-refractivity contribution in [3.05, 3.63) is 18.2 Å². The topological polar surface area (TPSA) is 28.7 Å². The lowest BCUT2D eigenvalue weighted by Gasteiger charge is -2.57. The molecular weight excluding hydrogens is 256 g/mol. The number of H-pyrrole nitrogens is 1. The molecule has 2 nitrogen and oxygen atoms in total. The van der Waals surface area contributed by atoms with Gasteiger partial charge < -0.3 is 4.98 Å². The highest BCUT2D eigenvalue weighted by Crippen LogP contribution is 2.61. The fourth-order valence-electron chi connectivity index (χ4n) is 5.70. The van der Waals surface area contributed by atoms with E-state index in [1.54, 1.807) is 0 Å². The minimum Gasteiger partial charge on any atom is -0.349 e. The van der Waals surface area contributed by atoms with E-state index in [4.69, 9.17) is 11.6 Å². The highest BCUT2D eigenvalue weighted by molar-refractivity contribution is 6.20. The van der Waals surface area contributed by atoms with Crippen LogP contribution in [0.3, 0.4) is 0 Å². The zero-order chi connectivity index (χ0) is 12.9. The van der Waals surface area contributed by atoms with E-state index < -0.39 is 0 Å². The molecule has 0 spiro atoms. The molecule has 4 fully saturated rings. The van der Waals surface area contributed by atoms with Crippen LogP contribution in [0.15, 0.2) is 12.4 Å². The van der Waals surface area contributed by atoms with Crippen LogP contribution in [-0.4, -0.2) is 15.3 Å². The Morgan fingerprint density at radius 3 is 2.37 bits per heavy atom. The predicted octanol–water partition coefficient (Wildman–Crippen LogP) is 4.17. The van der Waals surface area contributed by atoms with Gasteiger partial charge in [-0.2, -0.15) is 0 Å². The summed E-state index contributed by atoms with van der Waals surface area (Å²) >= 11 is 6.65.